The number of pyridine rings is 3. The van der Waals surface area contributed by atoms with Crippen LogP contribution in [-0.2, 0) is 0 Å². The molecule has 8 nitrogen and oxygen atoms in total. The third-order valence-corrected chi connectivity index (χ3v) is 4.93. The molecule has 0 N–H and O–H groups in total. The summed E-state index contributed by atoms with van der Waals surface area (Å²) >= 11 is 0. The Balaban J connectivity index is 1.72. The van der Waals surface area contributed by atoms with E-state index in [1.54, 1.807) is 47.3 Å². The lowest BCUT2D eigenvalue weighted by Crippen LogP contribution is -2.21. The van der Waals surface area contributed by atoms with Crippen molar-refractivity contribution in [3.63, 3.8) is 0 Å². The molecule has 8 heteroatoms. The zero-order valence-electron chi connectivity index (χ0n) is 19.5. The van der Waals surface area contributed by atoms with E-state index in [0.29, 0.717) is 40.6 Å². The highest BCUT2D eigenvalue weighted by atomic mass is 16.5. The van der Waals surface area contributed by atoms with Crippen molar-refractivity contribution in [2.75, 3.05) is 13.6 Å². The lowest BCUT2D eigenvalue weighted by atomic mass is 10.1. The fourth-order valence-corrected chi connectivity index (χ4v) is 3.49. The Morgan fingerprint density at radius 2 is 1.97 bits per heavy atom. The fraction of sp³-hybridized carbons (Fsp3) is 0.130. The Bertz CT molecular complexity index is 1560. The fourth-order valence-electron chi connectivity index (χ4n) is 3.49. The van der Waals surface area contributed by atoms with Gasteiger partial charge in [-0.1, -0.05) is 0 Å². The Morgan fingerprint density at radius 1 is 1.10 bits per heavy atom. The summed E-state index contributed by atoms with van der Waals surface area (Å²) in [5, 5.41) is 8.62. The molecule has 5 aromatic rings. The van der Waals surface area contributed by atoms with Crippen LogP contribution in [0.25, 0.3) is 33.5 Å². The summed E-state index contributed by atoms with van der Waals surface area (Å²) in [5.74, 6) is 0.558. The van der Waals surface area contributed by atoms with E-state index in [1.807, 2.05) is 19.1 Å². The smallest absolute Gasteiger partial charge is 0.264 e. The molecule has 31 heavy (non-hydrogen) atoms. The number of hydrogen-bond acceptors (Lipinski definition) is 6. The van der Waals surface area contributed by atoms with Crippen molar-refractivity contribution in [1.29, 1.82) is 0 Å². The maximum atomic E-state index is 13.8. The maximum absolute atomic E-state index is 13.8. The Labute approximate surface area is 181 Å². The molecule has 0 aliphatic heterocycles. The second kappa shape index (κ2) is 7.56. The van der Waals surface area contributed by atoms with Crippen LogP contribution in [0.1, 0.15) is 11.0 Å². The largest absolute Gasteiger partial charge is 0.497 e. The van der Waals surface area contributed by atoms with Crippen molar-refractivity contribution in [3.05, 3.63) is 77.5 Å². The molecule has 0 amide bonds. The Kier molecular flexibility index (Phi) is 3.81. The van der Waals surface area contributed by atoms with Crippen LogP contribution in [-0.4, -0.2) is 37.8 Å². The normalized spacial score (nSPS) is 13.0. The second-order valence-electron chi connectivity index (χ2n) is 6.80. The third kappa shape index (κ3) is 3.28. The number of benzene rings is 1. The minimum atomic E-state index is -2.57. The number of aromatic nitrogens is 5. The molecule has 0 radical (unpaired) electrons. The van der Waals surface area contributed by atoms with Crippen LogP contribution in [0.4, 0.5) is 0 Å². The van der Waals surface area contributed by atoms with E-state index < -0.39 is 7.04 Å². The summed E-state index contributed by atoms with van der Waals surface area (Å²) in [4.78, 5) is 18.3. The van der Waals surface area contributed by atoms with Crippen LogP contribution in [0, 0.1) is 0 Å². The maximum Gasteiger partial charge on any atom is 0.264 e. The predicted octanol–water partition coefficient (Wildman–Crippen LogP) is 3.50. The highest BCUT2D eigenvalue weighted by molar-refractivity contribution is 5.83. The molecule has 154 valence electrons. The quantitative estimate of drug-likeness (QED) is 0.436. The van der Waals surface area contributed by atoms with Crippen LogP contribution in [0.3, 0.4) is 0 Å². The van der Waals surface area contributed by atoms with Crippen LogP contribution in [0.5, 0.6) is 11.6 Å². The number of rotatable bonds is 5. The molecule has 0 fully saturated rings. The number of ether oxygens (including phenoxy) is 2. The summed E-state index contributed by atoms with van der Waals surface area (Å²) in [7, 11) is -2.57. The molecule has 0 unspecified atom stereocenters. The first-order chi connectivity index (χ1) is 16.3. The van der Waals surface area contributed by atoms with Crippen LogP contribution in [0.2, 0.25) is 0 Å². The molecule has 0 atom stereocenters. The lowest BCUT2D eigenvalue weighted by molar-refractivity contribution is 0.328. The standard InChI is InChI=1S/C23H19N5O3/c1-3-31-21-11-5-15-12-19(16-4-10-20-26-24-14-27(20)13-16)23(29)28(22(15)25-21)17-6-8-18(30-2)9-7-17/h4-14H,3H2,1-2H3/i2D3. The minimum Gasteiger partial charge on any atom is -0.497 e. The Hall–Kier alpha value is -4.20. The topological polar surface area (TPSA) is 83.5 Å². The van der Waals surface area contributed by atoms with Gasteiger partial charge in [0.15, 0.2) is 11.3 Å². The molecule has 0 aliphatic rings. The predicted molar refractivity (Wildman–Crippen MR) is 117 cm³/mol. The van der Waals surface area contributed by atoms with Gasteiger partial charge in [0.2, 0.25) is 5.88 Å². The molecule has 0 spiro atoms. The van der Waals surface area contributed by atoms with E-state index >= 15 is 0 Å². The average molecular weight is 416 g/mol. The van der Waals surface area contributed by atoms with Gasteiger partial charge in [-0.25, -0.2) is 0 Å². The summed E-state index contributed by atoms with van der Waals surface area (Å²) in [6.07, 6.45) is 3.36. The SMILES string of the molecule is [2H]C([2H])([2H])Oc1ccc(-n2c(=O)c(-c3ccc4nncn4c3)cc3ccc(OCC)nc32)cc1. The molecule has 0 aliphatic carbocycles. The number of hydrogen-bond donors (Lipinski definition) is 0. The van der Waals surface area contributed by atoms with E-state index in [1.165, 1.54) is 16.7 Å². The molecular formula is C23H19N5O3. The zero-order chi connectivity index (χ0) is 23.9. The number of fused-ring (bicyclic) bond motifs is 2. The van der Waals surface area contributed by atoms with Gasteiger partial charge in [-0.05, 0) is 55.5 Å². The van der Waals surface area contributed by atoms with Gasteiger partial charge in [-0.2, -0.15) is 4.98 Å². The van der Waals surface area contributed by atoms with Gasteiger partial charge in [0, 0.05) is 28.8 Å². The lowest BCUT2D eigenvalue weighted by Gasteiger charge is -2.14. The van der Waals surface area contributed by atoms with E-state index in [4.69, 9.17) is 13.6 Å². The highest BCUT2D eigenvalue weighted by Crippen LogP contribution is 2.25. The Morgan fingerprint density at radius 3 is 2.77 bits per heavy atom. The zero-order valence-corrected chi connectivity index (χ0v) is 16.5. The van der Waals surface area contributed by atoms with Crippen molar-refractivity contribution in [3.8, 4) is 28.4 Å². The first-order valence-corrected chi connectivity index (χ1v) is 9.61. The van der Waals surface area contributed by atoms with Crippen molar-refractivity contribution >= 4 is 16.7 Å². The number of nitrogens with zero attached hydrogens (tertiary/aromatic N) is 5. The molecule has 1 aromatic carbocycles. The first kappa shape index (κ1) is 15.6. The molecule has 0 saturated heterocycles. The van der Waals surface area contributed by atoms with Gasteiger partial charge in [0.1, 0.15) is 12.1 Å². The summed E-state index contributed by atoms with van der Waals surface area (Å²) in [5.41, 5.74) is 2.42. The molecular weight excluding hydrogens is 394 g/mol. The van der Waals surface area contributed by atoms with E-state index in [-0.39, 0.29) is 11.3 Å². The monoisotopic (exact) mass is 416 g/mol. The molecule has 5 rings (SSSR count). The minimum absolute atomic E-state index is 0.165. The summed E-state index contributed by atoms with van der Waals surface area (Å²) in [6.45, 7) is 2.29. The van der Waals surface area contributed by atoms with Crippen molar-refractivity contribution < 1.29 is 13.6 Å². The van der Waals surface area contributed by atoms with Gasteiger partial charge in [0.25, 0.3) is 5.56 Å². The molecule has 4 heterocycles. The van der Waals surface area contributed by atoms with Gasteiger partial charge in [0.05, 0.1) is 23.4 Å². The molecule has 0 saturated carbocycles. The molecule has 4 aromatic heterocycles. The van der Waals surface area contributed by atoms with E-state index in [2.05, 4.69) is 15.2 Å². The van der Waals surface area contributed by atoms with Crippen LogP contribution < -0.4 is 15.0 Å². The van der Waals surface area contributed by atoms with Crippen LogP contribution in [0.15, 0.2) is 71.9 Å². The average Bonchev–Trinajstić information content (AvgIpc) is 3.27. The third-order valence-electron chi connectivity index (χ3n) is 4.93. The number of methoxy groups -OCH3 is 1. The van der Waals surface area contributed by atoms with Crippen molar-refractivity contribution in [2.24, 2.45) is 0 Å². The summed E-state index contributed by atoms with van der Waals surface area (Å²) < 4.78 is 35.6. The highest BCUT2D eigenvalue weighted by Gasteiger charge is 2.15. The van der Waals surface area contributed by atoms with Crippen molar-refractivity contribution in [2.45, 2.75) is 6.92 Å². The van der Waals surface area contributed by atoms with Crippen molar-refractivity contribution in [1.82, 2.24) is 24.1 Å². The van der Waals surface area contributed by atoms with Gasteiger partial charge >= 0.3 is 0 Å². The van der Waals surface area contributed by atoms with E-state index in [0.717, 1.165) is 5.39 Å². The summed E-state index contributed by atoms with van der Waals surface area (Å²) in [6, 6.07) is 15.2. The van der Waals surface area contributed by atoms with E-state index in [9.17, 15) is 4.79 Å². The van der Waals surface area contributed by atoms with Gasteiger partial charge in [-0.15, -0.1) is 10.2 Å². The second-order valence-corrected chi connectivity index (χ2v) is 6.80. The first-order valence-electron chi connectivity index (χ1n) is 11.1. The van der Waals surface area contributed by atoms with Crippen LogP contribution >= 0.6 is 0 Å². The van der Waals surface area contributed by atoms with Gasteiger partial charge < -0.3 is 9.47 Å². The molecule has 0 bridgehead atoms. The van der Waals surface area contributed by atoms with Gasteiger partial charge in [-0.3, -0.25) is 13.8 Å².